The summed E-state index contributed by atoms with van der Waals surface area (Å²) in [6.45, 7) is 0. The van der Waals surface area contributed by atoms with Crippen LogP contribution in [0.5, 0.6) is 0 Å². The van der Waals surface area contributed by atoms with Crippen molar-refractivity contribution in [2.24, 2.45) is 0 Å². The van der Waals surface area contributed by atoms with E-state index < -0.39 is 16.1 Å². The molecule has 0 bridgehead atoms. The third-order valence-corrected chi connectivity index (χ3v) is 6.08. The quantitative estimate of drug-likeness (QED) is 0.492. The number of rotatable bonds is 8. The molecule has 1 amide bonds. The zero-order valence-corrected chi connectivity index (χ0v) is 16.3. The fourth-order valence-electron chi connectivity index (χ4n) is 2.90. The minimum absolute atomic E-state index is 0.0503. The van der Waals surface area contributed by atoms with Gasteiger partial charge in [-0.3, -0.25) is 20.3 Å². The molecule has 1 unspecified atom stereocenters. The fraction of sp³-hybridized carbons (Fsp3) is 0.200. The third-order valence-electron chi connectivity index (χ3n) is 4.55. The number of sulfonamides is 1. The van der Waals surface area contributed by atoms with Gasteiger partial charge in [0.25, 0.3) is 5.91 Å². The highest BCUT2D eigenvalue weighted by molar-refractivity contribution is 7.89. The van der Waals surface area contributed by atoms with Crippen molar-refractivity contribution in [1.82, 2.24) is 19.9 Å². The van der Waals surface area contributed by atoms with Crippen molar-refractivity contribution in [3.05, 3.63) is 78.6 Å². The molecule has 0 spiro atoms. The second-order valence-corrected chi connectivity index (χ2v) is 8.55. The van der Waals surface area contributed by atoms with Gasteiger partial charge < -0.3 is 0 Å². The molecule has 1 aliphatic carbocycles. The molecule has 1 fully saturated rings. The first-order chi connectivity index (χ1) is 14.0. The predicted octanol–water partition coefficient (Wildman–Crippen LogP) is 2.06. The molecule has 3 aromatic rings. The van der Waals surface area contributed by atoms with Crippen molar-refractivity contribution in [3.63, 3.8) is 0 Å². The summed E-state index contributed by atoms with van der Waals surface area (Å²) in [7, 11) is -3.50. The summed E-state index contributed by atoms with van der Waals surface area (Å²) in [4.78, 5) is 13.0. The molecule has 1 saturated carbocycles. The Balaban J connectivity index is 1.44. The topological polar surface area (TPSA) is 105 Å². The van der Waals surface area contributed by atoms with E-state index in [4.69, 9.17) is 0 Å². The van der Waals surface area contributed by atoms with E-state index in [0.29, 0.717) is 5.69 Å². The van der Waals surface area contributed by atoms with E-state index in [2.05, 4.69) is 20.7 Å². The van der Waals surface area contributed by atoms with Crippen molar-refractivity contribution in [3.8, 4) is 0 Å². The number of aromatic nitrogens is 2. The predicted molar refractivity (Wildman–Crippen MR) is 108 cm³/mol. The summed E-state index contributed by atoms with van der Waals surface area (Å²) in [6.07, 6.45) is 5.10. The van der Waals surface area contributed by atoms with Crippen LogP contribution in [0.2, 0.25) is 0 Å². The first-order valence-electron chi connectivity index (χ1n) is 9.25. The first-order valence-corrected chi connectivity index (χ1v) is 10.7. The molecular formula is C20H21N5O3S. The summed E-state index contributed by atoms with van der Waals surface area (Å²) >= 11 is 0. The Morgan fingerprint density at radius 3 is 2.38 bits per heavy atom. The highest BCUT2D eigenvalue weighted by atomic mass is 32.2. The normalized spacial score (nSPS) is 14.9. The van der Waals surface area contributed by atoms with Crippen LogP contribution in [0.25, 0.3) is 0 Å². The van der Waals surface area contributed by atoms with Crippen molar-refractivity contribution in [2.45, 2.75) is 29.8 Å². The molecule has 0 radical (unpaired) electrons. The van der Waals surface area contributed by atoms with Crippen LogP contribution in [0.1, 0.15) is 24.4 Å². The Morgan fingerprint density at radius 2 is 1.76 bits per heavy atom. The number of nitrogens with zero attached hydrogens (tertiary/aromatic N) is 2. The molecule has 4 rings (SSSR count). The summed E-state index contributed by atoms with van der Waals surface area (Å²) in [5, 5.41) is 4.19. The van der Waals surface area contributed by atoms with Gasteiger partial charge in [-0.15, -0.1) is 0 Å². The number of anilines is 1. The smallest absolute Gasteiger partial charge is 0.267 e. The molecule has 8 nitrogen and oxygen atoms in total. The maximum absolute atomic E-state index is 12.8. The van der Waals surface area contributed by atoms with Crippen LogP contribution in [0.15, 0.2) is 78.0 Å². The molecule has 2 aromatic carbocycles. The lowest BCUT2D eigenvalue weighted by Gasteiger charge is -2.18. The highest BCUT2D eigenvalue weighted by Gasteiger charge is 2.28. The van der Waals surface area contributed by atoms with Gasteiger partial charge in [0.1, 0.15) is 0 Å². The monoisotopic (exact) mass is 411 g/mol. The van der Waals surface area contributed by atoms with Crippen molar-refractivity contribution in [1.29, 1.82) is 0 Å². The van der Waals surface area contributed by atoms with E-state index in [1.165, 1.54) is 12.1 Å². The van der Waals surface area contributed by atoms with Gasteiger partial charge in [-0.1, -0.05) is 30.3 Å². The number of amides is 1. The molecule has 1 aromatic heterocycles. The second-order valence-electron chi connectivity index (χ2n) is 6.83. The highest BCUT2D eigenvalue weighted by Crippen LogP contribution is 2.23. The van der Waals surface area contributed by atoms with Crippen molar-refractivity contribution >= 4 is 21.6 Å². The lowest BCUT2D eigenvalue weighted by atomic mass is 10.1. The lowest BCUT2D eigenvalue weighted by Crippen LogP contribution is -2.37. The van der Waals surface area contributed by atoms with Crippen LogP contribution >= 0.6 is 0 Å². The van der Waals surface area contributed by atoms with E-state index in [9.17, 15) is 13.2 Å². The van der Waals surface area contributed by atoms with Gasteiger partial charge in [-0.05, 0) is 48.7 Å². The SMILES string of the molecule is O=C(NNc1ccc(S(=O)(=O)NC2CC2)cc1)C(c1ccccc1)n1cccn1. The Bertz CT molecular complexity index is 1060. The van der Waals surface area contributed by atoms with Gasteiger partial charge in [0.2, 0.25) is 10.0 Å². The number of hydrazine groups is 1. The van der Waals surface area contributed by atoms with Gasteiger partial charge >= 0.3 is 0 Å². The van der Waals surface area contributed by atoms with Crippen molar-refractivity contribution < 1.29 is 13.2 Å². The molecule has 150 valence electrons. The van der Waals surface area contributed by atoms with Gasteiger partial charge in [-0.25, -0.2) is 13.1 Å². The maximum atomic E-state index is 12.8. The van der Waals surface area contributed by atoms with Crippen molar-refractivity contribution in [2.75, 3.05) is 5.43 Å². The van der Waals surface area contributed by atoms with E-state index in [0.717, 1.165) is 18.4 Å². The summed E-state index contributed by atoms with van der Waals surface area (Å²) in [6, 6.07) is 16.7. The van der Waals surface area contributed by atoms with E-state index in [-0.39, 0.29) is 16.8 Å². The Hall–Kier alpha value is -3.17. The Morgan fingerprint density at radius 1 is 1.03 bits per heavy atom. The molecule has 3 N–H and O–H groups in total. The molecule has 1 heterocycles. The van der Waals surface area contributed by atoms with Crippen LogP contribution in [-0.4, -0.2) is 30.1 Å². The Kier molecular flexibility index (Phi) is 5.32. The summed E-state index contributed by atoms with van der Waals surface area (Å²) in [5.41, 5.74) is 6.86. The van der Waals surface area contributed by atoms with Gasteiger partial charge in [0, 0.05) is 18.4 Å². The lowest BCUT2D eigenvalue weighted by molar-refractivity contribution is -0.122. The standard InChI is InChI=1S/C20H21N5O3S/c26-20(19(25-14-4-13-21-25)15-5-2-1-3-6-15)23-22-16-9-11-18(12-10-16)29(27,28)24-17-7-8-17/h1-6,9-14,17,19,22,24H,7-8H2,(H,23,26). The van der Waals surface area contributed by atoms with Crippen LogP contribution < -0.4 is 15.6 Å². The van der Waals surface area contributed by atoms with E-state index in [1.807, 2.05) is 30.3 Å². The molecule has 29 heavy (non-hydrogen) atoms. The number of hydrogen-bond donors (Lipinski definition) is 3. The summed E-state index contributed by atoms with van der Waals surface area (Å²) < 4.78 is 28.7. The Labute approximate surface area is 169 Å². The molecule has 0 aliphatic heterocycles. The van der Waals surface area contributed by atoms with Gasteiger partial charge in [-0.2, -0.15) is 5.10 Å². The zero-order valence-electron chi connectivity index (χ0n) is 15.5. The molecular weight excluding hydrogens is 390 g/mol. The van der Waals surface area contributed by atoms with Crippen LogP contribution in [-0.2, 0) is 14.8 Å². The first kappa shape index (κ1) is 19.2. The average molecular weight is 411 g/mol. The molecule has 0 saturated heterocycles. The van der Waals surface area contributed by atoms with E-state index in [1.54, 1.807) is 35.3 Å². The van der Waals surface area contributed by atoms with Gasteiger partial charge in [0.15, 0.2) is 6.04 Å². The number of carbonyl (C=O) groups excluding carboxylic acids is 1. The minimum Gasteiger partial charge on any atom is -0.299 e. The van der Waals surface area contributed by atoms with Crippen LogP contribution in [0.3, 0.4) is 0 Å². The molecule has 1 aliphatic rings. The second kappa shape index (κ2) is 8.06. The minimum atomic E-state index is -3.50. The zero-order chi connectivity index (χ0) is 20.3. The summed E-state index contributed by atoms with van der Waals surface area (Å²) in [5.74, 6) is -0.299. The van der Waals surface area contributed by atoms with Gasteiger partial charge in [0.05, 0.1) is 10.6 Å². The van der Waals surface area contributed by atoms with E-state index >= 15 is 0 Å². The number of benzene rings is 2. The molecule has 1 atom stereocenters. The number of nitrogens with one attached hydrogen (secondary N) is 3. The number of carbonyl (C=O) groups is 1. The number of hydrogen-bond acceptors (Lipinski definition) is 5. The maximum Gasteiger partial charge on any atom is 0.267 e. The largest absolute Gasteiger partial charge is 0.299 e. The molecule has 9 heteroatoms. The van der Waals surface area contributed by atoms with Crippen LogP contribution in [0.4, 0.5) is 5.69 Å². The van der Waals surface area contributed by atoms with Crippen LogP contribution in [0, 0.1) is 0 Å². The fourth-order valence-corrected chi connectivity index (χ4v) is 4.21. The third kappa shape index (κ3) is 4.64. The average Bonchev–Trinajstić information content (AvgIpc) is 3.37.